The molecule has 6 heteroatoms. The molecule has 0 radical (unpaired) electrons. The molecule has 0 unspecified atom stereocenters. The van der Waals surface area contributed by atoms with Crippen LogP contribution in [0.15, 0.2) is 18.3 Å². The van der Waals surface area contributed by atoms with E-state index in [0.29, 0.717) is 5.88 Å². The Labute approximate surface area is 106 Å². The minimum atomic E-state index is -0.580. The summed E-state index contributed by atoms with van der Waals surface area (Å²) in [7, 11) is 0. The molecule has 0 saturated heterocycles. The topological polar surface area (TPSA) is 80.7 Å². The number of carbonyl (C=O) groups excluding carboxylic acids is 1. The van der Waals surface area contributed by atoms with Crippen molar-refractivity contribution in [3.63, 3.8) is 0 Å². The van der Waals surface area contributed by atoms with Crippen molar-refractivity contribution in [1.29, 1.82) is 0 Å². The second-order valence-corrected chi connectivity index (χ2v) is 3.85. The van der Waals surface area contributed by atoms with E-state index in [4.69, 9.17) is 9.84 Å². The second kappa shape index (κ2) is 7.50. The quantitative estimate of drug-likeness (QED) is 0.794. The number of ether oxygens (including phenoxy) is 2. The molecule has 0 fully saturated rings. The minimum Gasteiger partial charge on any atom is -0.475 e. The SMILES string of the molecule is CC(C)Oc1ncccc1CNC(=O)OCCO. The van der Waals surface area contributed by atoms with Crippen molar-refractivity contribution >= 4 is 6.09 Å². The fourth-order valence-corrected chi connectivity index (χ4v) is 1.24. The highest BCUT2D eigenvalue weighted by atomic mass is 16.6. The average Bonchev–Trinajstić information content (AvgIpc) is 2.34. The van der Waals surface area contributed by atoms with E-state index < -0.39 is 6.09 Å². The van der Waals surface area contributed by atoms with E-state index in [1.54, 1.807) is 12.3 Å². The van der Waals surface area contributed by atoms with E-state index in [1.807, 2.05) is 19.9 Å². The Morgan fingerprint density at radius 3 is 3.00 bits per heavy atom. The zero-order valence-corrected chi connectivity index (χ0v) is 10.5. The fraction of sp³-hybridized carbons (Fsp3) is 0.500. The molecular weight excluding hydrogens is 236 g/mol. The minimum absolute atomic E-state index is 0.0139. The number of pyridine rings is 1. The summed E-state index contributed by atoms with van der Waals surface area (Å²) in [5.74, 6) is 0.495. The summed E-state index contributed by atoms with van der Waals surface area (Å²) in [5, 5.41) is 11.1. The van der Waals surface area contributed by atoms with Gasteiger partial charge in [-0.1, -0.05) is 6.07 Å². The molecule has 0 bridgehead atoms. The van der Waals surface area contributed by atoms with Crippen molar-refractivity contribution in [1.82, 2.24) is 10.3 Å². The number of carbonyl (C=O) groups is 1. The lowest BCUT2D eigenvalue weighted by atomic mass is 10.2. The number of aromatic nitrogens is 1. The van der Waals surface area contributed by atoms with Gasteiger partial charge in [-0.05, 0) is 19.9 Å². The summed E-state index contributed by atoms with van der Waals surface area (Å²) >= 11 is 0. The summed E-state index contributed by atoms with van der Waals surface area (Å²) < 4.78 is 10.2. The first-order chi connectivity index (χ1) is 8.63. The van der Waals surface area contributed by atoms with E-state index in [9.17, 15) is 4.79 Å². The summed E-state index contributed by atoms with van der Waals surface area (Å²) in [6.45, 7) is 3.86. The number of rotatable bonds is 6. The van der Waals surface area contributed by atoms with Gasteiger partial charge in [-0.3, -0.25) is 0 Å². The molecule has 6 nitrogen and oxygen atoms in total. The van der Waals surface area contributed by atoms with E-state index in [1.165, 1.54) is 0 Å². The Kier molecular flexibility index (Phi) is 5.93. The van der Waals surface area contributed by atoms with Crippen molar-refractivity contribution in [2.45, 2.75) is 26.5 Å². The van der Waals surface area contributed by atoms with Crippen LogP contribution in [0.1, 0.15) is 19.4 Å². The van der Waals surface area contributed by atoms with Gasteiger partial charge in [-0.2, -0.15) is 0 Å². The number of nitrogens with one attached hydrogen (secondary N) is 1. The summed E-state index contributed by atoms with van der Waals surface area (Å²) in [5.41, 5.74) is 0.771. The van der Waals surface area contributed by atoms with Gasteiger partial charge in [0.25, 0.3) is 0 Å². The molecule has 0 atom stereocenters. The highest BCUT2D eigenvalue weighted by Gasteiger charge is 2.08. The third-order valence-corrected chi connectivity index (χ3v) is 1.94. The highest BCUT2D eigenvalue weighted by Crippen LogP contribution is 2.15. The molecule has 1 aromatic heterocycles. The largest absolute Gasteiger partial charge is 0.475 e. The number of amides is 1. The van der Waals surface area contributed by atoms with Gasteiger partial charge in [-0.15, -0.1) is 0 Å². The molecule has 2 N–H and O–H groups in total. The lowest BCUT2D eigenvalue weighted by molar-refractivity contribution is 0.118. The molecular formula is C12H18N2O4. The van der Waals surface area contributed by atoms with Crippen molar-refractivity contribution < 1.29 is 19.4 Å². The van der Waals surface area contributed by atoms with Gasteiger partial charge in [0.2, 0.25) is 5.88 Å². The lowest BCUT2D eigenvalue weighted by Crippen LogP contribution is -2.25. The van der Waals surface area contributed by atoms with Crippen LogP contribution in [0.25, 0.3) is 0 Å². The van der Waals surface area contributed by atoms with Gasteiger partial charge in [0.15, 0.2) is 0 Å². The fourth-order valence-electron chi connectivity index (χ4n) is 1.24. The maximum atomic E-state index is 11.2. The first-order valence-electron chi connectivity index (χ1n) is 5.75. The van der Waals surface area contributed by atoms with E-state index in [0.717, 1.165) is 5.56 Å². The second-order valence-electron chi connectivity index (χ2n) is 3.85. The standard InChI is InChI=1S/C12H18N2O4/c1-9(2)18-11-10(4-3-5-13-11)8-14-12(16)17-7-6-15/h3-5,9,15H,6-8H2,1-2H3,(H,14,16). The van der Waals surface area contributed by atoms with Crippen LogP contribution in [-0.2, 0) is 11.3 Å². The number of hydrogen-bond donors (Lipinski definition) is 2. The highest BCUT2D eigenvalue weighted by molar-refractivity contribution is 5.67. The van der Waals surface area contributed by atoms with Crippen LogP contribution in [0.3, 0.4) is 0 Å². The van der Waals surface area contributed by atoms with Gasteiger partial charge in [-0.25, -0.2) is 9.78 Å². The number of aliphatic hydroxyl groups excluding tert-OH is 1. The Balaban J connectivity index is 2.53. The van der Waals surface area contributed by atoms with Crippen LogP contribution in [0, 0.1) is 0 Å². The van der Waals surface area contributed by atoms with Crippen LogP contribution < -0.4 is 10.1 Å². The van der Waals surface area contributed by atoms with Crippen molar-refractivity contribution in [3.8, 4) is 5.88 Å². The maximum absolute atomic E-state index is 11.2. The normalized spacial score (nSPS) is 10.2. The van der Waals surface area contributed by atoms with Crippen LogP contribution in [-0.4, -0.2) is 35.5 Å². The Morgan fingerprint density at radius 2 is 2.33 bits per heavy atom. The maximum Gasteiger partial charge on any atom is 0.407 e. The molecule has 0 aromatic carbocycles. The molecule has 0 saturated carbocycles. The monoisotopic (exact) mass is 254 g/mol. The van der Waals surface area contributed by atoms with Gasteiger partial charge >= 0.3 is 6.09 Å². The summed E-state index contributed by atoms with van der Waals surface area (Å²) in [4.78, 5) is 15.3. The number of aliphatic hydroxyl groups is 1. The van der Waals surface area contributed by atoms with Gasteiger partial charge in [0.05, 0.1) is 19.3 Å². The lowest BCUT2D eigenvalue weighted by Gasteiger charge is -2.13. The molecule has 1 amide bonds. The molecule has 0 aliphatic rings. The Morgan fingerprint density at radius 1 is 1.56 bits per heavy atom. The third kappa shape index (κ3) is 5.01. The van der Waals surface area contributed by atoms with Gasteiger partial charge in [0.1, 0.15) is 6.61 Å². The predicted octanol–water partition coefficient (Wildman–Crippen LogP) is 1.09. The smallest absolute Gasteiger partial charge is 0.407 e. The molecule has 1 rings (SSSR count). The van der Waals surface area contributed by atoms with Crippen LogP contribution in [0.2, 0.25) is 0 Å². The number of nitrogens with zero attached hydrogens (tertiary/aromatic N) is 1. The first-order valence-corrected chi connectivity index (χ1v) is 5.75. The van der Waals surface area contributed by atoms with Crippen LogP contribution >= 0.6 is 0 Å². The van der Waals surface area contributed by atoms with E-state index in [2.05, 4.69) is 15.0 Å². The van der Waals surface area contributed by atoms with Gasteiger partial charge in [0, 0.05) is 11.8 Å². The van der Waals surface area contributed by atoms with Gasteiger partial charge < -0.3 is 19.9 Å². The molecule has 18 heavy (non-hydrogen) atoms. The number of hydrogen-bond acceptors (Lipinski definition) is 5. The Hall–Kier alpha value is -1.82. The first kappa shape index (κ1) is 14.2. The Bertz CT molecular complexity index is 382. The van der Waals surface area contributed by atoms with E-state index in [-0.39, 0.29) is 25.9 Å². The summed E-state index contributed by atoms with van der Waals surface area (Å²) in [6.07, 6.45) is 1.06. The zero-order chi connectivity index (χ0) is 13.4. The van der Waals surface area contributed by atoms with Crippen molar-refractivity contribution in [2.24, 2.45) is 0 Å². The van der Waals surface area contributed by atoms with E-state index >= 15 is 0 Å². The van der Waals surface area contributed by atoms with Crippen molar-refractivity contribution in [2.75, 3.05) is 13.2 Å². The van der Waals surface area contributed by atoms with Crippen molar-refractivity contribution in [3.05, 3.63) is 23.9 Å². The molecule has 0 aliphatic carbocycles. The van der Waals surface area contributed by atoms with Crippen LogP contribution in [0.4, 0.5) is 4.79 Å². The number of alkyl carbamates (subject to hydrolysis) is 1. The average molecular weight is 254 g/mol. The summed E-state index contributed by atoms with van der Waals surface area (Å²) in [6, 6.07) is 3.58. The predicted molar refractivity (Wildman–Crippen MR) is 65.3 cm³/mol. The molecule has 0 aliphatic heterocycles. The molecule has 0 spiro atoms. The molecule has 1 heterocycles. The zero-order valence-electron chi connectivity index (χ0n) is 10.5. The molecule has 1 aromatic rings. The molecule has 100 valence electrons. The van der Waals surface area contributed by atoms with Crippen LogP contribution in [0.5, 0.6) is 5.88 Å². The third-order valence-electron chi connectivity index (χ3n) is 1.94.